The number of carbonyl (C=O) groups is 3. The molecule has 3 aliphatic heterocycles. The first-order valence-corrected chi connectivity index (χ1v) is 37.5. The number of aliphatic carboxylic acids is 1. The highest BCUT2D eigenvalue weighted by molar-refractivity contribution is 5.77. The number of hydrogen-bond donors (Lipinski definition) is 14. The smallest absolute Gasteiger partial charge is 0.364 e. The number of unbranched alkanes of at least 4 members (excludes halogenated alkanes) is 36. The highest BCUT2D eigenvalue weighted by atomic mass is 16.8. The van der Waals surface area contributed by atoms with E-state index in [0.29, 0.717) is 19.3 Å². The van der Waals surface area contributed by atoms with Gasteiger partial charge < -0.3 is 100 Å². The Balaban J connectivity index is 1.47. The molecular weight excluding hydrogens is 1230 g/mol. The van der Waals surface area contributed by atoms with Gasteiger partial charge in [0.2, 0.25) is 11.8 Å². The quantitative estimate of drug-likeness (QED) is 0.0201. The fraction of sp³-hybridized carbons (Fsp3) is 0.931. The summed E-state index contributed by atoms with van der Waals surface area (Å²) >= 11 is 0. The minimum Gasteiger partial charge on any atom is -0.477 e. The molecule has 18 atom stereocenters. The largest absolute Gasteiger partial charge is 0.477 e. The van der Waals surface area contributed by atoms with Crippen molar-refractivity contribution in [3.63, 3.8) is 0 Å². The number of nitrogens with one attached hydrogen (secondary N) is 2. The van der Waals surface area contributed by atoms with Crippen LogP contribution in [0.4, 0.5) is 0 Å². The summed E-state index contributed by atoms with van der Waals surface area (Å²) in [5, 5.41) is 136. The van der Waals surface area contributed by atoms with E-state index in [4.69, 9.17) is 28.4 Å². The van der Waals surface area contributed by atoms with Gasteiger partial charge in [0.05, 0.1) is 50.7 Å². The number of ether oxygens (including phenoxy) is 6. The average molecular weight is 1360 g/mol. The van der Waals surface area contributed by atoms with Gasteiger partial charge in [0, 0.05) is 19.8 Å². The van der Waals surface area contributed by atoms with Crippen LogP contribution in [0.15, 0.2) is 12.2 Å². The molecule has 0 bridgehead atoms. The molecule has 0 saturated carbocycles. The summed E-state index contributed by atoms with van der Waals surface area (Å²) in [6, 6.07) is -2.53. The van der Waals surface area contributed by atoms with Gasteiger partial charge in [0.1, 0.15) is 67.1 Å². The highest BCUT2D eigenvalue weighted by Crippen LogP contribution is 2.39. The standard InChI is InChI=1S/C72H134N2O21/c1-4-6-8-10-12-14-16-17-18-19-20-21-22-23-24-25-26-27-28-29-30-31-32-33-34-36-38-40-42-44-46-59(82)74-53(54(79)45-43-41-39-37-35-15-13-11-9-7-5-2)51-90-69-64(86)63(85)66(58(50-77)92-69)93-70-65(87)68(62(84)57(49-76)91-70)95-72(71(88)89)47-55(80)60(73-52(3)78)67(94-72)61(83)56(81)48-75/h23-24,53-58,60-70,75-77,79-81,83-87H,4-22,25-51H2,1-3H3,(H,73,78)(H,74,82)(H,88,89)/b24-23-. The van der Waals surface area contributed by atoms with E-state index in [1.165, 1.54) is 186 Å². The number of carbonyl (C=O) groups excluding carboxylic acids is 2. The van der Waals surface area contributed by atoms with Crippen molar-refractivity contribution in [3.8, 4) is 0 Å². The molecule has 23 nitrogen and oxygen atoms in total. The Hall–Kier alpha value is -2.53. The molecule has 0 spiro atoms. The Kier molecular flexibility index (Phi) is 47.9. The summed E-state index contributed by atoms with van der Waals surface area (Å²) in [4.78, 5) is 38.6. The molecule has 2 amide bonds. The zero-order valence-electron chi connectivity index (χ0n) is 58.5. The van der Waals surface area contributed by atoms with Crippen LogP contribution in [0.2, 0.25) is 0 Å². The van der Waals surface area contributed by atoms with E-state index >= 15 is 0 Å². The van der Waals surface area contributed by atoms with E-state index in [1.807, 2.05) is 0 Å². The molecule has 0 radical (unpaired) electrons. The predicted molar refractivity (Wildman–Crippen MR) is 362 cm³/mol. The van der Waals surface area contributed by atoms with Crippen molar-refractivity contribution in [1.29, 1.82) is 0 Å². The third-order valence-electron chi connectivity index (χ3n) is 19.2. The summed E-state index contributed by atoms with van der Waals surface area (Å²) in [5.41, 5.74) is 0. The fourth-order valence-corrected chi connectivity index (χ4v) is 13.2. The van der Waals surface area contributed by atoms with Gasteiger partial charge in [-0.15, -0.1) is 0 Å². The van der Waals surface area contributed by atoms with Gasteiger partial charge in [0.25, 0.3) is 5.79 Å². The second-order valence-electron chi connectivity index (χ2n) is 27.5. The van der Waals surface area contributed by atoms with E-state index in [1.54, 1.807) is 0 Å². The molecule has 0 aromatic carbocycles. The normalized spacial score (nSPS) is 27.7. The van der Waals surface area contributed by atoms with Crippen molar-refractivity contribution in [1.82, 2.24) is 10.6 Å². The fourth-order valence-electron chi connectivity index (χ4n) is 13.2. The molecule has 3 aliphatic rings. The van der Waals surface area contributed by atoms with Crippen molar-refractivity contribution < 1.29 is 104 Å². The molecule has 3 rings (SSSR count). The monoisotopic (exact) mass is 1360 g/mol. The van der Waals surface area contributed by atoms with Crippen molar-refractivity contribution in [2.45, 2.75) is 400 Å². The van der Waals surface area contributed by atoms with E-state index in [9.17, 15) is 75.7 Å². The van der Waals surface area contributed by atoms with Crippen LogP contribution in [0.3, 0.4) is 0 Å². The number of hydrogen-bond acceptors (Lipinski definition) is 20. The Labute approximate surface area is 569 Å². The molecule has 0 aromatic rings. The lowest BCUT2D eigenvalue weighted by atomic mass is 9.88. The third-order valence-corrected chi connectivity index (χ3v) is 19.2. The molecule has 0 aromatic heterocycles. The maximum absolute atomic E-state index is 13.5. The number of amides is 2. The van der Waals surface area contributed by atoms with Gasteiger partial charge in [-0.05, 0) is 38.5 Å². The van der Waals surface area contributed by atoms with Crippen molar-refractivity contribution in [2.24, 2.45) is 0 Å². The van der Waals surface area contributed by atoms with Gasteiger partial charge in [0.15, 0.2) is 12.6 Å². The van der Waals surface area contributed by atoms with Crippen LogP contribution in [-0.4, -0.2) is 215 Å². The first-order valence-electron chi connectivity index (χ1n) is 37.5. The number of aliphatic hydroxyl groups excluding tert-OH is 11. The summed E-state index contributed by atoms with van der Waals surface area (Å²) in [7, 11) is 0. The number of rotatable bonds is 58. The number of carboxylic acids is 1. The minimum absolute atomic E-state index is 0.226. The molecule has 23 heteroatoms. The van der Waals surface area contributed by atoms with Crippen LogP contribution in [-0.2, 0) is 42.8 Å². The Morgan fingerprint density at radius 1 is 0.537 bits per heavy atom. The van der Waals surface area contributed by atoms with Crippen LogP contribution in [0, 0.1) is 0 Å². The summed E-state index contributed by atoms with van der Waals surface area (Å²) in [5.74, 6) is -6.10. The van der Waals surface area contributed by atoms with E-state index in [0.717, 1.165) is 58.3 Å². The van der Waals surface area contributed by atoms with E-state index < -0.39 is 148 Å². The highest BCUT2D eigenvalue weighted by Gasteiger charge is 2.60. The second-order valence-corrected chi connectivity index (χ2v) is 27.5. The van der Waals surface area contributed by atoms with Crippen LogP contribution in [0.25, 0.3) is 0 Å². The molecule has 95 heavy (non-hydrogen) atoms. The minimum atomic E-state index is -3.08. The van der Waals surface area contributed by atoms with Crippen molar-refractivity contribution in [2.75, 3.05) is 26.4 Å². The Morgan fingerprint density at radius 2 is 0.979 bits per heavy atom. The van der Waals surface area contributed by atoms with Gasteiger partial charge in [-0.25, -0.2) is 4.79 Å². The predicted octanol–water partition coefficient (Wildman–Crippen LogP) is 8.24. The summed E-state index contributed by atoms with van der Waals surface area (Å²) < 4.78 is 34.8. The third kappa shape index (κ3) is 34.1. The van der Waals surface area contributed by atoms with Gasteiger partial charge in [-0.1, -0.05) is 244 Å². The maximum atomic E-state index is 13.5. The number of aliphatic hydroxyl groups is 11. The molecule has 3 fully saturated rings. The summed E-state index contributed by atoms with van der Waals surface area (Å²) in [6.45, 7) is 2.21. The van der Waals surface area contributed by atoms with Gasteiger partial charge in [-0.3, -0.25) is 9.59 Å². The number of carboxylic acid groups (broad SMARTS) is 1. The Morgan fingerprint density at radius 3 is 1.42 bits per heavy atom. The van der Waals surface area contributed by atoms with Crippen molar-refractivity contribution >= 4 is 17.8 Å². The average Bonchev–Trinajstić information content (AvgIpc) is 0.758. The molecule has 3 saturated heterocycles. The molecule has 14 N–H and O–H groups in total. The van der Waals surface area contributed by atoms with E-state index in [2.05, 4.69) is 36.6 Å². The zero-order chi connectivity index (χ0) is 69.6. The molecule has 0 aliphatic carbocycles. The summed E-state index contributed by atoms with van der Waals surface area (Å²) in [6.07, 6.45) is 23.9. The Bertz CT molecular complexity index is 1960. The SMILES string of the molecule is CCCCCCCCCCCCCC/C=C\CCCCCCCCCCCCCCCCC(=O)NC(COC1OC(CO)C(OC2OC(CO)C(O)C(OC3(C(=O)O)CC(O)C(NC(C)=O)C(C(O)C(O)CO)O3)C2O)C(O)C1O)C(O)CCCCCCCCCCCCC. The van der Waals surface area contributed by atoms with Crippen LogP contribution in [0.1, 0.15) is 290 Å². The van der Waals surface area contributed by atoms with Crippen LogP contribution < -0.4 is 10.6 Å². The van der Waals surface area contributed by atoms with Gasteiger partial charge >= 0.3 is 5.97 Å². The first kappa shape index (κ1) is 86.7. The molecule has 3 heterocycles. The topological polar surface area (TPSA) is 373 Å². The molecule has 18 unspecified atom stereocenters. The van der Waals surface area contributed by atoms with E-state index in [-0.39, 0.29) is 18.9 Å². The zero-order valence-corrected chi connectivity index (χ0v) is 58.5. The lowest BCUT2D eigenvalue weighted by molar-refractivity contribution is -0.386. The van der Waals surface area contributed by atoms with Gasteiger partial charge in [-0.2, -0.15) is 0 Å². The van der Waals surface area contributed by atoms with Crippen molar-refractivity contribution in [3.05, 3.63) is 12.2 Å². The maximum Gasteiger partial charge on any atom is 0.364 e. The molecule has 558 valence electrons. The number of allylic oxidation sites excluding steroid dienone is 2. The lowest BCUT2D eigenvalue weighted by Gasteiger charge is -2.50. The second kappa shape index (κ2) is 52.5. The van der Waals surface area contributed by atoms with Crippen LogP contribution >= 0.6 is 0 Å². The van der Waals surface area contributed by atoms with Crippen LogP contribution in [0.5, 0.6) is 0 Å². The molecular formula is C72H134N2O21. The lowest BCUT2D eigenvalue weighted by Crippen LogP contribution is -2.70. The first-order chi connectivity index (χ1) is 45.9.